The van der Waals surface area contributed by atoms with Gasteiger partial charge in [-0.1, -0.05) is 15.9 Å². The van der Waals surface area contributed by atoms with Crippen molar-refractivity contribution in [3.63, 3.8) is 0 Å². The molecule has 1 saturated heterocycles. The van der Waals surface area contributed by atoms with Crippen LogP contribution in [-0.4, -0.2) is 49.2 Å². The largest absolute Gasteiger partial charge is 0.391 e. The van der Waals surface area contributed by atoms with E-state index in [0.29, 0.717) is 25.2 Å². The number of carbonyl (C=O) groups is 2. The van der Waals surface area contributed by atoms with Gasteiger partial charge in [0.1, 0.15) is 0 Å². The van der Waals surface area contributed by atoms with Crippen molar-refractivity contribution in [1.29, 1.82) is 0 Å². The van der Waals surface area contributed by atoms with E-state index < -0.39 is 6.10 Å². The van der Waals surface area contributed by atoms with Crippen LogP contribution in [0.1, 0.15) is 16.8 Å². The summed E-state index contributed by atoms with van der Waals surface area (Å²) in [6.07, 6.45) is -0.184. The number of nitrogens with one attached hydrogen (secondary N) is 3. The Kier molecular flexibility index (Phi) is 8.54. The summed E-state index contributed by atoms with van der Waals surface area (Å²) in [5.41, 5.74) is 0.559. The van der Waals surface area contributed by atoms with Gasteiger partial charge in [0.05, 0.1) is 6.10 Å². The summed E-state index contributed by atoms with van der Waals surface area (Å²) in [6, 6.07) is 7.02. The second kappa shape index (κ2) is 9.87. The number of aliphatic hydroxyl groups is 1. The molecule has 0 aromatic heterocycles. The zero-order valence-corrected chi connectivity index (χ0v) is 15.0. The third kappa shape index (κ3) is 6.47. The molecule has 0 spiro atoms. The van der Waals surface area contributed by atoms with Crippen LogP contribution in [0.4, 0.5) is 0 Å². The summed E-state index contributed by atoms with van der Waals surface area (Å²) in [4.78, 5) is 23.5. The first-order valence-electron chi connectivity index (χ1n) is 7.25. The highest BCUT2D eigenvalue weighted by Gasteiger charge is 2.24. The van der Waals surface area contributed by atoms with Gasteiger partial charge in [-0.05, 0) is 24.3 Å². The van der Waals surface area contributed by atoms with Crippen molar-refractivity contribution in [2.45, 2.75) is 12.5 Å². The highest BCUT2D eigenvalue weighted by atomic mass is 79.9. The molecule has 1 aliphatic heterocycles. The zero-order valence-electron chi connectivity index (χ0n) is 12.5. The van der Waals surface area contributed by atoms with Crippen molar-refractivity contribution in [2.24, 2.45) is 5.92 Å². The van der Waals surface area contributed by atoms with Gasteiger partial charge in [0.2, 0.25) is 5.91 Å². The topological polar surface area (TPSA) is 90.5 Å². The maximum absolute atomic E-state index is 11.8. The van der Waals surface area contributed by atoms with Gasteiger partial charge in [0.25, 0.3) is 5.91 Å². The molecule has 0 bridgehead atoms. The van der Waals surface area contributed by atoms with E-state index in [9.17, 15) is 14.7 Å². The van der Waals surface area contributed by atoms with Crippen LogP contribution < -0.4 is 16.0 Å². The Morgan fingerprint density at radius 2 is 1.91 bits per heavy atom. The van der Waals surface area contributed by atoms with Crippen molar-refractivity contribution < 1.29 is 14.7 Å². The number of benzene rings is 1. The Balaban J connectivity index is 0.00000264. The number of halogens is 2. The standard InChI is InChI=1S/C15H20BrN3O3.ClH/c16-12-3-1-10(2-4-12)15(22)18-6-5-14(21)19-8-11-7-17-9-13(11)20;/h1-4,11,13,17,20H,5-9H2,(H,18,22)(H,19,21);1H. The molecule has 2 amide bonds. The molecule has 2 unspecified atom stereocenters. The summed E-state index contributed by atoms with van der Waals surface area (Å²) in [7, 11) is 0. The molecule has 1 heterocycles. The van der Waals surface area contributed by atoms with E-state index in [1.807, 2.05) is 0 Å². The number of β-amino-alcohol motifs (C(OH)–C–C–N with tert-alkyl or cyclic N) is 1. The van der Waals surface area contributed by atoms with Gasteiger partial charge in [-0.3, -0.25) is 9.59 Å². The maximum Gasteiger partial charge on any atom is 0.251 e. The Labute approximate surface area is 149 Å². The average Bonchev–Trinajstić information content (AvgIpc) is 2.91. The van der Waals surface area contributed by atoms with E-state index >= 15 is 0 Å². The molecule has 8 heteroatoms. The van der Waals surface area contributed by atoms with Gasteiger partial charge in [0.15, 0.2) is 0 Å². The van der Waals surface area contributed by atoms with E-state index in [0.717, 1.165) is 4.47 Å². The molecular weight excluding hydrogens is 386 g/mol. The number of aliphatic hydroxyl groups excluding tert-OH is 1. The van der Waals surface area contributed by atoms with Gasteiger partial charge in [-0.2, -0.15) is 0 Å². The molecule has 128 valence electrons. The van der Waals surface area contributed by atoms with Crippen molar-refractivity contribution in [2.75, 3.05) is 26.2 Å². The first-order valence-corrected chi connectivity index (χ1v) is 8.05. The third-order valence-corrected chi connectivity index (χ3v) is 4.14. The minimum atomic E-state index is -0.405. The minimum absolute atomic E-state index is 0. The highest BCUT2D eigenvalue weighted by molar-refractivity contribution is 9.10. The second-order valence-corrected chi connectivity index (χ2v) is 6.22. The Morgan fingerprint density at radius 1 is 1.22 bits per heavy atom. The van der Waals surface area contributed by atoms with E-state index in [-0.39, 0.29) is 43.1 Å². The number of carbonyl (C=O) groups excluding carboxylic acids is 2. The number of amides is 2. The zero-order chi connectivity index (χ0) is 15.9. The number of hydrogen-bond donors (Lipinski definition) is 4. The van der Waals surface area contributed by atoms with E-state index in [1.54, 1.807) is 24.3 Å². The molecule has 0 radical (unpaired) electrons. The molecular formula is C15H21BrClN3O3. The lowest BCUT2D eigenvalue weighted by Gasteiger charge is -2.14. The van der Waals surface area contributed by atoms with Gasteiger partial charge < -0.3 is 21.1 Å². The van der Waals surface area contributed by atoms with Crippen LogP contribution >= 0.6 is 28.3 Å². The maximum atomic E-state index is 11.8. The second-order valence-electron chi connectivity index (χ2n) is 5.30. The SMILES string of the molecule is Cl.O=C(CCNC(=O)c1ccc(Br)cc1)NCC1CNCC1O. The highest BCUT2D eigenvalue weighted by Crippen LogP contribution is 2.10. The lowest BCUT2D eigenvalue weighted by Crippen LogP contribution is -2.36. The Hall–Kier alpha value is -1.15. The summed E-state index contributed by atoms with van der Waals surface area (Å²) in [6.45, 7) is 2.02. The van der Waals surface area contributed by atoms with Crippen LogP contribution in [0.25, 0.3) is 0 Å². The molecule has 1 fully saturated rings. The van der Waals surface area contributed by atoms with Crippen LogP contribution in [0.5, 0.6) is 0 Å². The van der Waals surface area contributed by atoms with Crippen LogP contribution in [0.3, 0.4) is 0 Å². The summed E-state index contributed by atoms with van der Waals surface area (Å²) in [5, 5.41) is 18.2. The van der Waals surface area contributed by atoms with Crippen molar-refractivity contribution >= 4 is 40.2 Å². The van der Waals surface area contributed by atoms with Gasteiger partial charge in [-0.25, -0.2) is 0 Å². The van der Waals surface area contributed by atoms with Crippen molar-refractivity contribution in [3.05, 3.63) is 34.3 Å². The van der Waals surface area contributed by atoms with Gasteiger partial charge in [0, 0.05) is 48.6 Å². The summed E-state index contributed by atoms with van der Waals surface area (Å²) in [5.74, 6) is -0.271. The van der Waals surface area contributed by atoms with E-state index in [4.69, 9.17) is 0 Å². The quantitative estimate of drug-likeness (QED) is 0.559. The van der Waals surface area contributed by atoms with Crippen molar-refractivity contribution in [3.8, 4) is 0 Å². The van der Waals surface area contributed by atoms with Gasteiger partial charge in [-0.15, -0.1) is 12.4 Å². The fourth-order valence-corrected chi connectivity index (χ4v) is 2.52. The molecule has 1 aromatic rings. The third-order valence-electron chi connectivity index (χ3n) is 3.61. The Bertz CT molecular complexity index is 527. The van der Waals surface area contributed by atoms with Gasteiger partial charge >= 0.3 is 0 Å². The number of rotatable bonds is 6. The summed E-state index contributed by atoms with van der Waals surface area (Å²) < 4.78 is 0.909. The molecule has 2 rings (SSSR count). The lowest BCUT2D eigenvalue weighted by atomic mass is 10.1. The smallest absolute Gasteiger partial charge is 0.251 e. The number of hydrogen-bond acceptors (Lipinski definition) is 4. The predicted molar refractivity (Wildman–Crippen MR) is 93.7 cm³/mol. The molecule has 2 atom stereocenters. The molecule has 0 saturated carbocycles. The van der Waals surface area contributed by atoms with Crippen LogP contribution in [-0.2, 0) is 4.79 Å². The fourth-order valence-electron chi connectivity index (χ4n) is 2.25. The molecule has 0 aliphatic carbocycles. The Morgan fingerprint density at radius 3 is 2.52 bits per heavy atom. The van der Waals surface area contributed by atoms with E-state index in [2.05, 4.69) is 31.9 Å². The van der Waals surface area contributed by atoms with Crippen LogP contribution in [0, 0.1) is 5.92 Å². The van der Waals surface area contributed by atoms with Crippen LogP contribution in [0.2, 0.25) is 0 Å². The predicted octanol–water partition coefficient (Wildman–Crippen LogP) is 0.687. The first kappa shape index (κ1) is 19.9. The monoisotopic (exact) mass is 405 g/mol. The molecule has 6 nitrogen and oxygen atoms in total. The lowest BCUT2D eigenvalue weighted by molar-refractivity contribution is -0.121. The molecule has 1 aromatic carbocycles. The molecule has 23 heavy (non-hydrogen) atoms. The average molecular weight is 407 g/mol. The minimum Gasteiger partial charge on any atom is -0.391 e. The molecule has 4 N–H and O–H groups in total. The fraction of sp³-hybridized carbons (Fsp3) is 0.467. The van der Waals surface area contributed by atoms with Crippen LogP contribution in [0.15, 0.2) is 28.7 Å². The first-order chi connectivity index (χ1) is 10.6. The normalized spacial score (nSPS) is 19.7. The van der Waals surface area contributed by atoms with E-state index in [1.165, 1.54) is 0 Å². The van der Waals surface area contributed by atoms with Crippen molar-refractivity contribution in [1.82, 2.24) is 16.0 Å². The molecule has 1 aliphatic rings. The summed E-state index contributed by atoms with van der Waals surface area (Å²) >= 11 is 3.31.